The number of nitrogens with one attached hydrogen (secondary N) is 1. The molecule has 0 atom stereocenters. The molecule has 8 nitrogen and oxygen atoms in total. The number of nitrogen functional groups attached to an aromatic ring is 1. The van der Waals surface area contributed by atoms with E-state index < -0.39 is 35.4 Å². The zero-order valence-electron chi connectivity index (χ0n) is 11.9. The molecule has 0 bridgehead atoms. The molecule has 0 saturated heterocycles. The molecular formula is C12H21N3O5S. The number of anilines is 2. The van der Waals surface area contributed by atoms with Gasteiger partial charge in [0.25, 0.3) is 0 Å². The predicted molar refractivity (Wildman–Crippen MR) is 79.3 cm³/mol. The summed E-state index contributed by atoms with van der Waals surface area (Å²) in [5.41, 5.74) is 4.89. The summed E-state index contributed by atoms with van der Waals surface area (Å²) >= 11 is 0. The maximum atomic E-state index is 12.0. The third kappa shape index (κ3) is 3.63. The molecule has 1 aromatic rings. The van der Waals surface area contributed by atoms with Crippen molar-refractivity contribution in [3.05, 3.63) is 18.2 Å². The molecule has 0 unspecified atom stereocenters. The van der Waals surface area contributed by atoms with Crippen LogP contribution in [-0.4, -0.2) is 67.5 Å². The normalized spacial score (nSPS) is 12.7. The number of sulfonamides is 1. The third-order valence-corrected chi connectivity index (χ3v) is 4.92. The average Bonchev–Trinajstić information content (AvgIpc) is 2.46. The quantitative estimate of drug-likeness (QED) is 0.392. The van der Waals surface area contributed by atoms with Crippen molar-refractivity contribution in [2.24, 2.45) is 0 Å². The Labute approximate surface area is 123 Å². The minimum Gasteiger partial charge on any atom is -0.397 e. The molecule has 0 aliphatic heterocycles. The van der Waals surface area contributed by atoms with Crippen LogP contribution in [0.5, 0.6) is 0 Å². The molecule has 0 aliphatic rings. The third-order valence-electron chi connectivity index (χ3n) is 3.11. The summed E-state index contributed by atoms with van der Waals surface area (Å²) in [5, 5.41) is 30.5. The van der Waals surface area contributed by atoms with E-state index in [9.17, 15) is 23.7 Å². The first-order chi connectivity index (χ1) is 9.72. The molecule has 9 heteroatoms. The Bertz CT molecular complexity index is 576. The Kier molecular flexibility index (Phi) is 5.54. The highest BCUT2D eigenvalue weighted by Crippen LogP contribution is 2.26. The molecule has 120 valence electrons. The standard InChI is InChI=1S/C12H21N3O5S/c1-15(2)21(19,20)9-3-4-11(10(13)5-9)14-12(6-16,7-17)8-18/h3-5,14,16-18H,6-8,13H2,1-2H3. The lowest BCUT2D eigenvalue weighted by molar-refractivity contribution is 0.0834. The van der Waals surface area contributed by atoms with Crippen LogP contribution >= 0.6 is 0 Å². The second-order valence-corrected chi connectivity index (χ2v) is 7.07. The van der Waals surface area contributed by atoms with E-state index in [2.05, 4.69) is 5.32 Å². The second-order valence-electron chi connectivity index (χ2n) is 4.92. The minimum absolute atomic E-state index is 0.0261. The fraction of sp³-hybridized carbons (Fsp3) is 0.500. The van der Waals surface area contributed by atoms with Crippen molar-refractivity contribution in [2.45, 2.75) is 10.4 Å². The number of rotatable bonds is 7. The Balaban J connectivity index is 3.15. The van der Waals surface area contributed by atoms with Gasteiger partial charge in [0.05, 0.1) is 36.1 Å². The first-order valence-electron chi connectivity index (χ1n) is 6.15. The zero-order chi connectivity index (χ0) is 16.3. The smallest absolute Gasteiger partial charge is 0.242 e. The van der Waals surface area contributed by atoms with Gasteiger partial charge >= 0.3 is 0 Å². The molecular weight excluding hydrogens is 298 g/mol. The van der Waals surface area contributed by atoms with Crippen LogP contribution in [-0.2, 0) is 10.0 Å². The molecule has 0 spiro atoms. The maximum absolute atomic E-state index is 12.0. The van der Waals surface area contributed by atoms with Crippen LogP contribution in [0.4, 0.5) is 11.4 Å². The van der Waals surface area contributed by atoms with Gasteiger partial charge in [-0.05, 0) is 18.2 Å². The number of aliphatic hydroxyl groups excluding tert-OH is 3. The highest BCUT2D eigenvalue weighted by atomic mass is 32.2. The fourth-order valence-corrected chi connectivity index (χ4v) is 2.52. The van der Waals surface area contributed by atoms with Crippen molar-refractivity contribution < 1.29 is 23.7 Å². The summed E-state index contributed by atoms with van der Waals surface area (Å²) < 4.78 is 25.0. The Morgan fingerprint density at radius 2 is 1.71 bits per heavy atom. The first kappa shape index (κ1) is 17.7. The van der Waals surface area contributed by atoms with Gasteiger partial charge < -0.3 is 26.4 Å². The van der Waals surface area contributed by atoms with Crippen LogP contribution in [0.25, 0.3) is 0 Å². The summed E-state index contributed by atoms with van der Waals surface area (Å²) in [4.78, 5) is 0.0261. The van der Waals surface area contributed by atoms with Crippen molar-refractivity contribution in [2.75, 3.05) is 45.0 Å². The summed E-state index contributed by atoms with van der Waals surface area (Å²) in [6, 6.07) is 4.04. The molecule has 0 fully saturated rings. The summed E-state index contributed by atoms with van der Waals surface area (Å²) in [6.45, 7) is -1.55. The van der Waals surface area contributed by atoms with Gasteiger partial charge in [0, 0.05) is 14.1 Å². The molecule has 0 saturated carbocycles. The summed E-state index contributed by atoms with van der Waals surface area (Å²) in [5.74, 6) is 0. The van der Waals surface area contributed by atoms with Crippen LogP contribution in [0.3, 0.4) is 0 Å². The monoisotopic (exact) mass is 319 g/mol. The second kappa shape index (κ2) is 6.58. The molecule has 0 aliphatic carbocycles. The van der Waals surface area contributed by atoms with E-state index in [-0.39, 0.29) is 10.6 Å². The zero-order valence-corrected chi connectivity index (χ0v) is 12.8. The van der Waals surface area contributed by atoms with Crippen LogP contribution < -0.4 is 11.1 Å². The fourth-order valence-electron chi connectivity index (χ4n) is 1.58. The number of benzene rings is 1. The van der Waals surface area contributed by atoms with Crippen LogP contribution in [0.1, 0.15) is 0 Å². The van der Waals surface area contributed by atoms with Crippen molar-refractivity contribution in [1.82, 2.24) is 4.31 Å². The highest BCUT2D eigenvalue weighted by Gasteiger charge is 2.28. The van der Waals surface area contributed by atoms with Gasteiger partial charge in [-0.1, -0.05) is 0 Å². The number of nitrogens with zero attached hydrogens (tertiary/aromatic N) is 1. The lowest BCUT2D eigenvalue weighted by Gasteiger charge is -2.30. The topological polar surface area (TPSA) is 136 Å². The Morgan fingerprint density at radius 3 is 2.10 bits per heavy atom. The van der Waals surface area contributed by atoms with E-state index in [0.29, 0.717) is 5.69 Å². The van der Waals surface area contributed by atoms with Crippen molar-refractivity contribution >= 4 is 21.4 Å². The largest absolute Gasteiger partial charge is 0.397 e. The van der Waals surface area contributed by atoms with Crippen LogP contribution in [0, 0.1) is 0 Å². The van der Waals surface area contributed by atoms with Crippen molar-refractivity contribution in [3.63, 3.8) is 0 Å². The van der Waals surface area contributed by atoms with E-state index in [4.69, 9.17) is 5.73 Å². The van der Waals surface area contributed by atoms with Gasteiger partial charge in [-0.3, -0.25) is 0 Å². The lowest BCUT2D eigenvalue weighted by Crippen LogP contribution is -2.49. The van der Waals surface area contributed by atoms with E-state index >= 15 is 0 Å². The van der Waals surface area contributed by atoms with Gasteiger partial charge in [-0.15, -0.1) is 0 Å². The van der Waals surface area contributed by atoms with Gasteiger partial charge in [0.1, 0.15) is 5.54 Å². The van der Waals surface area contributed by atoms with Crippen molar-refractivity contribution in [1.29, 1.82) is 0 Å². The lowest BCUT2D eigenvalue weighted by atomic mass is 10.0. The average molecular weight is 319 g/mol. The number of hydrogen-bond donors (Lipinski definition) is 5. The molecule has 1 rings (SSSR count). The maximum Gasteiger partial charge on any atom is 0.242 e. The molecule has 1 aromatic carbocycles. The van der Waals surface area contributed by atoms with Crippen molar-refractivity contribution in [3.8, 4) is 0 Å². The molecule has 0 amide bonds. The van der Waals surface area contributed by atoms with E-state index in [1.807, 2.05) is 0 Å². The van der Waals surface area contributed by atoms with Crippen LogP contribution in [0.15, 0.2) is 23.1 Å². The summed E-state index contributed by atoms with van der Waals surface area (Å²) in [7, 11) is -0.782. The minimum atomic E-state index is -3.60. The van der Waals surface area contributed by atoms with E-state index in [0.717, 1.165) is 4.31 Å². The van der Waals surface area contributed by atoms with Gasteiger partial charge in [-0.2, -0.15) is 0 Å². The number of aliphatic hydroxyl groups is 3. The molecule has 0 aromatic heterocycles. The highest BCUT2D eigenvalue weighted by molar-refractivity contribution is 7.89. The molecule has 0 radical (unpaired) electrons. The first-order valence-corrected chi connectivity index (χ1v) is 7.59. The number of hydrogen-bond acceptors (Lipinski definition) is 7. The number of nitrogens with two attached hydrogens (primary N) is 1. The Hall–Kier alpha value is -1.39. The Morgan fingerprint density at radius 1 is 1.19 bits per heavy atom. The van der Waals surface area contributed by atoms with E-state index in [1.54, 1.807) is 0 Å². The predicted octanol–water partition coefficient (Wildman–Crippen LogP) is -1.35. The summed E-state index contributed by atoms with van der Waals surface area (Å²) in [6.07, 6.45) is 0. The SMILES string of the molecule is CN(C)S(=O)(=O)c1ccc(NC(CO)(CO)CO)c(N)c1. The van der Waals surface area contributed by atoms with E-state index in [1.165, 1.54) is 32.3 Å². The molecule has 0 heterocycles. The molecule has 21 heavy (non-hydrogen) atoms. The van der Waals surface area contributed by atoms with Gasteiger partial charge in [-0.25, -0.2) is 12.7 Å². The van der Waals surface area contributed by atoms with Gasteiger partial charge in [0.2, 0.25) is 10.0 Å². The van der Waals surface area contributed by atoms with Gasteiger partial charge in [0.15, 0.2) is 0 Å². The van der Waals surface area contributed by atoms with Crippen LogP contribution in [0.2, 0.25) is 0 Å². The molecule has 6 N–H and O–H groups in total.